The fourth-order valence-electron chi connectivity index (χ4n) is 3.52. The van der Waals surface area contributed by atoms with Crippen molar-refractivity contribution in [2.45, 2.75) is 46.2 Å². The minimum absolute atomic E-state index is 0.0686. The number of carbonyl (C=O) groups excluding carboxylic acids is 2. The van der Waals surface area contributed by atoms with Gasteiger partial charge in [0.1, 0.15) is 12.6 Å². The van der Waals surface area contributed by atoms with Crippen molar-refractivity contribution >= 4 is 50.7 Å². The number of anilines is 1. The van der Waals surface area contributed by atoms with Crippen molar-refractivity contribution < 1.29 is 18.0 Å². The van der Waals surface area contributed by atoms with Crippen LogP contribution in [0.4, 0.5) is 5.69 Å². The Balaban J connectivity index is 2.44. The molecule has 2 rings (SSSR count). The Kier molecular flexibility index (Phi) is 10.2. The van der Waals surface area contributed by atoms with Crippen LogP contribution in [0.15, 0.2) is 42.5 Å². The molecular weight excluding hydrogens is 497 g/mol. The molecule has 0 saturated heterocycles. The number of hydrogen-bond donors (Lipinski definition) is 1. The summed E-state index contributed by atoms with van der Waals surface area (Å²) in [5.74, 6) is -0.796. The SMILES string of the molecule is CCCNC(=O)[C@H](CC)N(Cc1ccc(Cl)c(Cl)c1)C(=O)CN(c1cccc(C)c1)S(C)(=O)=O. The zero-order valence-corrected chi connectivity index (χ0v) is 22.2. The summed E-state index contributed by atoms with van der Waals surface area (Å²) in [5, 5.41) is 3.54. The third-order valence-electron chi connectivity index (χ3n) is 5.24. The molecule has 0 aliphatic rings. The molecule has 0 bridgehead atoms. The third-order valence-corrected chi connectivity index (χ3v) is 7.12. The lowest BCUT2D eigenvalue weighted by Gasteiger charge is -2.33. The molecule has 0 fully saturated rings. The van der Waals surface area contributed by atoms with Crippen LogP contribution >= 0.6 is 23.2 Å². The molecular formula is C24H31Cl2N3O4S. The largest absolute Gasteiger partial charge is 0.354 e. The average molecular weight is 529 g/mol. The smallest absolute Gasteiger partial charge is 0.244 e. The number of nitrogens with zero attached hydrogens (tertiary/aromatic N) is 2. The van der Waals surface area contributed by atoms with Gasteiger partial charge in [-0.2, -0.15) is 0 Å². The first-order valence-electron chi connectivity index (χ1n) is 11.0. The van der Waals surface area contributed by atoms with E-state index in [9.17, 15) is 18.0 Å². The monoisotopic (exact) mass is 527 g/mol. The van der Waals surface area contributed by atoms with Gasteiger partial charge in [0.15, 0.2) is 0 Å². The lowest BCUT2D eigenvalue weighted by atomic mass is 10.1. The molecule has 186 valence electrons. The summed E-state index contributed by atoms with van der Waals surface area (Å²) in [5.41, 5.74) is 1.91. The van der Waals surface area contributed by atoms with Crippen molar-refractivity contribution in [2.75, 3.05) is 23.7 Å². The molecule has 0 aliphatic carbocycles. The Morgan fingerprint density at radius 1 is 1.06 bits per heavy atom. The predicted octanol–water partition coefficient (Wildman–Crippen LogP) is 4.40. The molecule has 1 atom stereocenters. The Morgan fingerprint density at radius 3 is 2.32 bits per heavy atom. The van der Waals surface area contributed by atoms with Gasteiger partial charge in [-0.1, -0.05) is 55.2 Å². The Hall–Kier alpha value is -2.29. The van der Waals surface area contributed by atoms with E-state index in [1.807, 2.05) is 19.9 Å². The summed E-state index contributed by atoms with van der Waals surface area (Å²) in [6.07, 6.45) is 2.15. The third kappa shape index (κ3) is 7.61. The van der Waals surface area contributed by atoms with Crippen LogP contribution < -0.4 is 9.62 Å². The number of halogens is 2. The summed E-state index contributed by atoms with van der Waals surface area (Å²) in [4.78, 5) is 27.9. The highest BCUT2D eigenvalue weighted by atomic mass is 35.5. The molecule has 7 nitrogen and oxygen atoms in total. The van der Waals surface area contributed by atoms with E-state index in [1.165, 1.54) is 4.90 Å². The van der Waals surface area contributed by atoms with E-state index in [4.69, 9.17) is 23.2 Å². The van der Waals surface area contributed by atoms with Gasteiger partial charge in [-0.05, 0) is 55.2 Å². The van der Waals surface area contributed by atoms with Crippen molar-refractivity contribution in [2.24, 2.45) is 0 Å². The molecule has 0 aromatic heterocycles. The highest BCUT2D eigenvalue weighted by molar-refractivity contribution is 7.92. The Morgan fingerprint density at radius 2 is 1.76 bits per heavy atom. The molecule has 0 unspecified atom stereocenters. The normalized spacial score (nSPS) is 12.2. The topological polar surface area (TPSA) is 86.8 Å². The predicted molar refractivity (Wildman–Crippen MR) is 138 cm³/mol. The minimum Gasteiger partial charge on any atom is -0.354 e. The summed E-state index contributed by atoms with van der Waals surface area (Å²) < 4.78 is 26.3. The lowest BCUT2D eigenvalue weighted by Crippen LogP contribution is -2.52. The van der Waals surface area contributed by atoms with E-state index < -0.39 is 28.5 Å². The van der Waals surface area contributed by atoms with E-state index in [-0.39, 0.29) is 12.5 Å². The number of rotatable bonds is 11. The number of hydrogen-bond acceptors (Lipinski definition) is 4. The van der Waals surface area contributed by atoms with Crippen LogP contribution in [0, 0.1) is 6.92 Å². The Labute approximate surface area is 212 Å². The van der Waals surface area contributed by atoms with Crippen molar-refractivity contribution in [3.8, 4) is 0 Å². The van der Waals surface area contributed by atoms with Crippen LogP contribution in [0.25, 0.3) is 0 Å². The standard InChI is InChI=1S/C24H31Cl2N3O4S/c1-5-12-27-24(31)22(6-2)28(15-18-10-11-20(25)21(26)14-18)23(30)16-29(34(4,32)33)19-9-7-8-17(3)13-19/h7-11,13-14,22H,5-6,12,15-16H2,1-4H3,(H,27,31)/t22-/m0/s1. The van der Waals surface area contributed by atoms with E-state index >= 15 is 0 Å². The first kappa shape index (κ1) is 28.0. The zero-order chi connectivity index (χ0) is 25.5. The van der Waals surface area contributed by atoms with Gasteiger partial charge in [0, 0.05) is 13.1 Å². The van der Waals surface area contributed by atoms with E-state index in [1.54, 1.807) is 43.3 Å². The van der Waals surface area contributed by atoms with Crippen molar-refractivity contribution in [3.05, 3.63) is 63.6 Å². The zero-order valence-electron chi connectivity index (χ0n) is 19.8. The second-order valence-corrected chi connectivity index (χ2v) is 10.8. The summed E-state index contributed by atoms with van der Waals surface area (Å²) >= 11 is 12.2. The molecule has 0 spiro atoms. The van der Waals surface area contributed by atoms with Crippen LogP contribution in [0.5, 0.6) is 0 Å². The van der Waals surface area contributed by atoms with Crippen LogP contribution in [0.2, 0.25) is 10.0 Å². The van der Waals surface area contributed by atoms with E-state index in [2.05, 4.69) is 5.32 Å². The van der Waals surface area contributed by atoms with Crippen LogP contribution in [0.3, 0.4) is 0 Å². The fourth-order valence-corrected chi connectivity index (χ4v) is 4.68. The second-order valence-electron chi connectivity index (χ2n) is 8.09. The molecule has 1 N–H and O–H groups in total. The number of benzene rings is 2. The van der Waals surface area contributed by atoms with Gasteiger partial charge in [0.25, 0.3) is 0 Å². The summed E-state index contributed by atoms with van der Waals surface area (Å²) in [6, 6.07) is 11.1. The van der Waals surface area contributed by atoms with Crippen molar-refractivity contribution in [1.29, 1.82) is 0 Å². The molecule has 2 aromatic carbocycles. The van der Waals surface area contributed by atoms with E-state index in [0.717, 1.165) is 22.5 Å². The molecule has 10 heteroatoms. The first-order chi connectivity index (χ1) is 16.0. The molecule has 0 saturated carbocycles. The van der Waals surface area contributed by atoms with Crippen LogP contribution in [0.1, 0.15) is 37.8 Å². The quantitative estimate of drug-likeness (QED) is 0.469. The minimum atomic E-state index is -3.77. The molecule has 34 heavy (non-hydrogen) atoms. The molecule has 0 aliphatic heterocycles. The van der Waals surface area contributed by atoms with Crippen molar-refractivity contribution in [3.63, 3.8) is 0 Å². The first-order valence-corrected chi connectivity index (χ1v) is 13.6. The van der Waals surface area contributed by atoms with E-state index in [0.29, 0.717) is 34.3 Å². The molecule has 2 amide bonds. The maximum absolute atomic E-state index is 13.6. The maximum Gasteiger partial charge on any atom is 0.244 e. The molecule has 0 radical (unpaired) electrons. The average Bonchev–Trinajstić information content (AvgIpc) is 2.77. The number of amides is 2. The number of nitrogens with one attached hydrogen (secondary N) is 1. The van der Waals surface area contributed by atoms with Gasteiger partial charge in [0.2, 0.25) is 21.8 Å². The maximum atomic E-state index is 13.6. The molecule has 2 aromatic rings. The number of aryl methyl sites for hydroxylation is 1. The van der Waals surface area contributed by atoms with Gasteiger partial charge < -0.3 is 10.2 Å². The molecule has 0 heterocycles. The van der Waals surface area contributed by atoms with Crippen LogP contribution in [-0.4, -0.2) is 50.5 Å². The van der Waals surface area contributed by atoms with Gasteiger partial charge in [-0.3, -0.25) is 13.9 Å². The highest BCUT2D eigenvalue weighted by Crippen LogP contribution is 2.25. The number of carbonyl (C=O) groups is 2. The second kappa shape index (κ2) is 12.4. The van der Waals surface area contributed by atoms with Gasteiger partial charge in [-0.25, -0.2) is 8.42 Å². The van der Waals surface area contributed by atoms with Gasteiger partial charge >= 0.3 is 0 Å². The lowest BCUT2D eigenvalue weighted by molar-refractivity contribution is -0.140. The Bertz CT molecular complexity index is 1120. The fraction of sp³-hybridized carbons (Fsp3) is 0.417. The summed E-state index contributed by atoms with van der Waals surface area (Å²) in [6.45, 7) is 5.68. The highest BCUT2D eigenvalue weighted by Gasteiger charge is 2.31. The number of sulfonamides is 1. The summed E-state index contributed by atoms with van der Waals surface area (Å²) in [7, 11) is -3.77. The van der Waals surface area contributed by atoms with Gasteiger partial charge in [-0.15, -0.1) is 0 Å². The van der Waals surface area contributed by atoms with Crippen LogP contribution in [-0.2, 0) is 26.2 Å². The van der Waals surface area contributed by atoms with Gasteiger partial charge in [0.05, 0.1) is 22.0 Å². The van der Waals surface area contributed by atoms with Crippen molar-refractivity contribution in [1.82, 2.24) is 10.2 Å².